The van der Waals surface area contributed by atoms with Crippen molar-refractivity contribution in [2.45, 2.75) is 20.0 Å². The van der Waals surface area contributed by atoms with E-state index in [1.807, 2.05) is 18.2 Å². The van der Waals surface area contributed by atoms with E-state index in [-0.39, 0.29) is 5.82 Å². The van der Waals surface area contributed by atoms with Crippen molar-refractivity contribution in [3.63, 3.8) is 0 Å². The van der Waals surface area contributed by atoms with Crippen molar-refractivity contribution in [2.75, 3.05) is 0 Å². The lowest BCUT2D eigenvalue weighted by atomic mass is 10.1. The van der Waals surface area contributed by atoms with Crippen LogP contribution < -0.4 is 5.32 Å². The highest BCUT2D eigenvalue weighted by Crippen LogP contribution is 2.24. The summed E-state index contributed by atoms with van der Waals surface area (Å²) in [5.74, 6) is 1.18. The Morgan fingerprint density at radius 2 is 1.68 bits per heavy atom. The molecule has 0 aliphatic carbocycles. The van der Waals surface area contributed by atoms with Crippen molar-refractivity contribution >= 4 is 0 Å². The molecule has 0 saturated heterocycles. The van der Waals surface area contributed by atoms with E-state index >= 15 is 0 Å². The Morgan fingerprint density at radius 3 is 2.45 bits per heavy atom. The molecular formula is C19H19FNO+. The summed E-state index contributed by atoms with van der Waals surface area (Å²) in [7, 11) is 0. The van der Waals surface area contributed by atoms with Gasteiger partial charge in [-0.25, -0.2) is 4.39 Å². The molecule has 2 aromatic carbocycles. The van der Waals surface area contributed by atoms with Crippen LogP contribution in [0.2, 0.25) is 0 Å². The van der Waals surface area contributed by atoms with Gasteiger partial charge in [0.15, 0.2) is 5.76 Å². The first-order chi connectivity index (χ1) is 10.7. The zero-order valence-electron chi connectivity index (χ0n) is 12.6. The molecule has 0 saturated carbocycles. The number of hydrogen-bond donors (Lipinski definition) is 1. The fourth-order valence-electron chi connectivity index (χ4n) is 2.40. The molecule has 0 bridgehead atoms. The van der Waals surface area contributed by atoms with Crippen LogP contribution in [0.4, 0.5) is 4.39 Å². The normalized spacial score (nSPS) is 10.8. The van der Waals surface area contributed by atoms with Gasteiger partial charge in [0, 0.05) is 5.56 Å². The quantitative estimate of drug-likeness (QED) is 0.765. The van der Waals surface area contributed by atoms with Crippen molar-refractivity contribution in [3.05, 3.63) is 83.4 Å². The van der Waals surface area contributed by atoms with Gasteiger partial charge in [-0.3, -0.25) is 0 Å². The lowest BCUT2D eigenvalue weighted by molar-refractivity contribution is -0.687. The number of hydrogen-bond acceptors (Lipinski definition) is 1. The summed E-state index contributed by atoms with van der Waals surface area (Å²) in [4.78, 5) is 0. The maximum atomic E-state index is 13.7. The first kappa shape index (κ1) is 14.5. The van der Waals surface area contributed by atoms with Gasteiger partial charge in [0.25, 0.3) is 0 Å². The highest BCUT2D eigenvalue weighted by Gasteiger charge is 2.09. The molecule has 3 aromatic rings. The minimum absolute atomic E-state index is 0.257. The van der Waals surface area contributed by atoms with Crippen LogP contribution in [-0.2, 0) is 13.1 Å². The zero-order chi connectivity index (χ0) is 15.4. The van der Waals surface area contributed by atoms with Gasteiger partial charge in [-0.1, -0.05) is 42.0 Å². The molecule has 0 radical (unpaired) electrons. The lowest BCUT2D eigenvalue weighted by Crippen LogP contribution is -2.80. The highest BCUT2D eigenvalue weighted by atomic mass is 19.1. The summed E-state index contributed by atoms with van der Waals surface area (Å²) in [5, 5.41) is 2.18. The summed E-state index contributed by atoms with van der Waals surface area (Å²) in [6, 6.07) is 18.9. The van der Waals surface area contributed by atoms with E-state index in [1.165, 1.54) is 17.2 Å². The molecule has 0 amide bonds. The smallest absolute Gasteiger partial charge is 0.158 e. The molecule has 0 atom stereocenters. The molecule has 0 unspecified atom stereocenters. The summed E-state index contributed by atoms with van der Waals surface area (Å²) < 4.78 is 19.5. The van der Waals surface area contributed by atoms with Gasteiger partial charge in [-0.05, 0) is 31.2 Å². The van der Waals surface area contributed by atoms with Gasteiger partial charge in [-0.15, -0.1) is 0 Å². The third-order valence-corrected chi connectivity index (χ3v) is 3.65. The van der Waals surface area contributed by atoms with Gasteiger partial charge in [0.05, 0.1) is 5.56 Å². The van der Waals surface area contributed by atoms with Crippen LogP contribution in [-0.4, -0.2) is 0 Å². The number of aryl methyl sites for hydroxylation is 1. The van der Waals surface area contributed by atoms with Crippen LogP contribution in [0.25, 0.3) is 11.3 Å². The molecule has 3 rings (SSSR count). The Hall–Kier alpha value is -2.39. The van der Waals surface area contributed by atoms with E-state index in [4.69, 9.17) is 4.42 Å². The van der Waals surface area contributed by atoms with E-state index < -0.39 is 0 Å². The van der Waals surface area contributed by atoms with Crippen molar-refractivity contribution in [3.8, 4) is 11.3 Å². The van der Waals surface area contributed by atoms with Gasteiger partial charge < -0.3 is 9.73 Å². The summed E-state index contributed by atoms with van der Waals surface area (Å²) in [5.41, 5.74) is 3.06. The van der Waals surface area contributed by atoms with Crippen molar-refractivity contribution in [2.24, 2.45) is 0 Å². The summed E-state index contributed by atoms with van der Waals surface area (Å²) in [6.45, 7) is 3.72. The standard InChI is InChI=1S/C19H18FNO/c1-14-6-8-15(9-7-14)12-21-13-16-10-11-19(22-16)17-4-2-3-5-18(17)20/h2-11,21H,12-13H2,1H3/p+1. The number of nitrogens with two attached hydrogens (primary N) is 1. The van der Waals surface area contributed by atoms with Crippen LogP contribution in [0.3, 0.4) is 0 Å². The number of quaternary nitrogens is 1. The second-order valence-electron chi connectivity index (χ2n) is 5.43. The second-order valence-corrected chi connectivity index (χ2v) is 5.43. The number of furan rings is 1. The fraction of sp³-hybridized carbons (Fsp3) is 0.158. The van der Waals surface area contributed by atoms with Crippen LogP contribution in [0.1, 0.15) is 16.9 Å². The Labute approximate surface area is 129 Å². The molecule has 22 heavy (non-hydrogen) atoms. The van der Waals surface area contributed by atoms with Crippen LogP contribution >= 0.6 is 0 Å². The summed E-state index contributed by atoms with van der Waals surface area (Å²) >= 11 is 0. The van der Waals surface area contributed by atoms with E-state index in [0.717, 1.165) is 18.8 Å². The van der Waals surface area contributed by atoms with E-state index in [9.17, 15) is 4.39 Å². The molecule has 112 valence electrons. The maximum absolute atomic E-state index is 13.7. The Kier molecular flexibility index (Phi) is 4.35. The number of halogens is 1. The Balaban J connectivity index is 1.60. The monoisotopic (exact) mass is 296 g/mol. The maximum Gasteiger partial charge on any atom is 0.158 e. The predicted octanol–water partition coefficient (Wildman–Crippen LogP) is 3.66. The predicted molar refractivity (Wildman–Crippen MR) is 84.6 cm³/mol. The largest absolute Gasteiger partial charge is 0.455 e. The molecule has 3 heteroatoms. The average molecular weight is 296 g/mol. The SMILES string of the molecule is Cc1ccc(C[NH2+]Cc2ccc(-c3ccccc3F)o2)cc1. The van der Waals surface area contributed by atoms with Crippen LogP contribution in [0.15, 0.2) is 65.1 Å². The van der Waals surface area contributed by atoms with Crippen LogP contribution in [0, 0.1) is 12.7 Å². The van der Waals surface area contributed by atoms with Gasteiger partial charge in [0.1, 0.15) is 24.7 Å². The molecule has 2 N–H and O–H groups in total. The second kappa shape index (κ2) is 6.58. The lowest BCUT2D eigenvalue weighted by Gasteiger charge is -2.01. The Morgan fingerprint density at radius 1 is 0.909 bits per heavy atom. The molecule has 0 spiro atoms. The number of benzene rings is 2. The minimum Gasteiger partial charge on any atom is -0.455 e. The summed E-state index contributed by atoms with van der Waals surface area (Å²) in [6.07, 6.45) is 0. The van der Waals surface area contributed by atoms with Gasteiger partial charge in [0.2, 0.25) is 0 Å². The molecule has 2 nitrogen and oxygen atoms in total. The minimum atomic E-state index is -0.257. The molecule has 0 fully saturated rings. The van der Waals surface area contributed by atoms with Crippen molar-refractivity contribution < 1.29 is 14.1 Å². The topological polar surface area (TPSA) is 29.8 Å². The number of rotatable bonds is 5. The van der Waals surface area contributed by atoms with E-state index in [0.29, 0.717) is 11.3 Å². The first-order valence-corrected chi connectivity index (χ1v) is 7.43. The van der Waals surface area contributed by atoms with Gasteiger partial charge >= 0.3 is 0 Å². The molecular weight excluding hydrogens is 277 g/mol. The van der Waals surface area contributed by atoms with Crippen molar-refractivity contribution in [1.82, 2.24) is 0 Å². The van der Waals surface area contributed by atoms with E-state index in [2.05, 4.69) is 36.5 Å². The van der Waals surface area contributed by atoms with Crippen LogP contribution in [0.5, 0.6) is 0 Å². The highest BCUT2D eigenvalue weighted by molar-refractivity contribution is 5.58. The van der Waals surface area contributed by atoms with Crippen molar-refractivity contribution in [1.29, 1.82) is 0 Å². The molecule has 0 aliphatic heterocycles. The molecule has 1 aromatic heterocycles. The zero-order valence-corrected chi connectivity index (χ0v) is 12.6. The third-order valence-electron chi connectivity index (χ3n) is 3.65. The van der Waals surface area contributed by atoms with Gasteiger partial charge in [-0.2, -0.15) is 0 Å². The average Bonchev–Trinajstić information content (AvgIpc) is 2.98. The first-order valence-electron chi connectivity index (χ1n) is 7.43. The molecule has 0 aliphatic rings. The third kappa shape index (κ3) is 3.43. The van der Waals surface area contributed by atoms with E-state index in [1.54, 1.807) is 12.1 Å². The molecule has 1 heterocycles. The Bertz CT molecular complexity index is 746. The fourth-order valence-corrected chi connectivity index (χ4v) is 2.40.